The zero-order chi connectivity index (χ0) is 30.8. The quantitative estimate of drug-likeness (QED) is 0.0589. The normalized spacial score (nSPS) is 15.8. The number of hydrogen-bond acceptors (Lipinski definition) is 10. The van der Waals surface area contributed by atoms with Crippen LogP contribution in [0.1, 0.15) is 54.1 Å². The van der Waals surface area contributed by atoms with Gasteiger partial charge < -0.3 is 28.4 Å². The number of carbonyl (C=O) groups excluding carboxylic acids is 2. The maximum absolute atomic E-state index is 12.4. The van der Waals surface area contributed by atoms with Gasteiger partial charge in [-0.05, 0) is 83.9 Å². The van der Waals surface area contributed by atoms with Crippen LogP contribution in [-0.2, 0) is 18.9 Å². The molecule has 0 radical (unpaired) electrons. The van der Waals surface area contributed by atoms with Crippen molar-refractivity contribution in [1.82, 2.24) is 0 Å². The Labute approximate surface area is 282 Å². The Kier molecular flexibility index (Phi) is 14.0. The summed E-state index contributed by atoms with van der Waals surface area (Å²) in [4.78, 5) is 33.7. The minimum Gasteiger partial charge on any atom is -0.491 e. The number of epoxide rings is 2. The number of aliphatic imine (C=N–C) groups is 2. The lowest BCUT2D eigenvalue weighted by Crippen LogP contribution is -2.13. The molecule has 0 aromatic heterocycles. The number of rotatable bonds is 14. The van der Waals surface area contributed by atoms with E-state index < -0.39 is 18.7 Å². The predicted octanol–water partition coefficient (Wildman–Crippen LogP) is 7.62. The highest BCUT2D eigenvalue weighted by atomic mass is 16.7. The first kappa shape index (κ1) is 37.1. The minimum atomic E-state index is -0.610. The molecule has 0 spiro atoms. The van der Waals surface area contributed by atoms with E-state index in [1.807, 2.05) is 48.5 Å². The summed E-state index contributed by atoms with van der Waals surface area (Å²) in [6.45, 7) is 2.10. The molecule has 2 aliphatic heterocycles. The molecule has 0 N–H and O–H groups in total. The number of ether oxygens (including phenoxy) is 6. The van der Waals surface area contributed by atoms with Crippen LogP contribution in [0.15, 0.2) is 107 Å². The van der Waals surface area contributed by atoms with Gasteiger partial charge in [0.15, 0.2) is 0 Å². The number of benzene rings is 4. The molecule has 0 amide bonds. The van der Waals surface area contributed by atoms with Gasteiger partial charge in [0.25, 0.3) is 0 Å². The van der Waals surface area contributed by atoms with E-state index >= 15 is 0 Å². The number of nitrogens with zero attached hydrogens (tertiary/aromatic N) is 2. The molecule has 0 saturated carbocycles. The largest absolute Gasteiger partial charge is 0.491 e. The average Bonchev–Trinajstić information content (AvgIpc) is 4.02. The number of carbonyl (C=O) groups is 2. The van der Waals surface area contributed by atoms with Crippen molar-refractivity contribution >= 4 is 35.7 Å². The summed E-state index contributed by atoms with van der Waals surface area (Å²) in [5.74, 6) is 0.311. The maximum Gasteiger partial charge on any atom is 0.340 e. The van der Waals surface area contributed by atoms with E-state index in [9.17, 15) is 9.59 Å². The van der Waals surface area contributed by atoms with E-state index in [0.717, 1.165) is 47.2 Å². The lowest BCUT2D eigenvalue weighted by atomic mass is 10.1. The van der Waals surface area contributed by atoms with Crippen molar-refractivity contribution in [3.8, 4) is 11.5 Å². The van der Waals surface area contributed by atoms with Gasteiger partial charge in [0.1, 0.15) is 36.9 Å². The molecule has 2 aliphatic rings. The molecular formula is C38H42N2O8. The van der Waals surface area contributed by atoms with Crippen molar-refractivity contribution in [2.45, 2.75) is 34.5 Å². The van der Waals surface area contributed by atoms with E-state index in [0.29, 0.717) is 24.3 Å². The van der Waals surface area contributed by atoms with Crippen LogP contribution in [0.3, 0.4) is 0 Å². The predicted molar refractivity (Wildman–Crippen MR) is 187 cm³/mol. The molecule has 4 aromatic carbocycles. The van der Waals surface area contributed by atoms with Gasteiger partial charge in [0, 0.05) is 12.4 Å². The molecule has 2 saturated heterocycles. The summed E-state index contributed by atoms with van der Waals surface area (Å²) in [5.41, 5.74) is 3.79. The van der Waals surface area contributed by atoms with E-state index in [4.69, 9.17) is 28.4 Å². The molecule has 252 valence electrons. The van der Waals surface area contributed by atoms with Crippen LogP contribution < -0.4 is 9.47 Å². The van der Waals surface area contributed by atoms with Gasteiger partial charge in [0.2, 0.25) is 6.79 Å². The Hall–Kier alpha value is -5.32. The van der Waals surface area contributed by atoms with Crippen LogP contribution in [0, 0.1) is 0 Å². The van der Waals surface area contributed by atoms with Gasteiger partial charge in [-0.1, -0.05) is 46.5 Å². The molecule has 0 aliphatic carbocycles. The van der Waals surface area contributed by atoms with Crippen molar-refractivity contribution in [1.29, 1.82) is 0 Å². The van der Waals surface area contributed by atoms with Crippen LogP contribution in [0.4, 0.5) is 11.4 Å². The smallest absolute Gasteiger partial charge is 0.340 e. The van der Waals surface area contributed by atoms with Gasteiger partial charge in [-0.3, -0.25) is 9.98 Å². The van der Waals surface area contributed by atoms with Crippen molar-refractivity contribution in [2.24, 2.45) is 9.98 Å². The first-order valence-electron chi connectivity index (χ1n) is 14.4. The topological polar surface area (TPSA) is 121 Å². The van der Waals surface area contributed by atoms with Crippen LogP contribution >= 0.6 is 0 Å². The number of hydrogen-bond donors (Lipinski definition) is 0. The molecule has 10 heteroatoms. The van der Waals surface area contributed by atoms with E-state index in [1.54, 1.807) is 61.0 Å². The standard InChI is InChI=1S/C35H30N2O8.3CH4/c38-34(26-5-1-24(2-6-26)17-36-28-9-13-30(14-10-28)40-19-32-21-42-32)44-23-45-35(39)27-7-3-25(4-8-27)18-37-29-11-15-31(16-12-29)41-20-33-22-43-33;;;/h1-18,32-33H,19-23H2;3*1H4. The third-order valence-corrected chi connectivity index (χ3v) is 6.75. The van der Waals surface area contributed by atoms with E-state index in [2.05, 4.69) is 9.98 Å². The summed E-state index contributed by atoms with van der Waals surface area (Å²) < 4.78 is 31.8. The molecule has 2 fully saturated rings. The second-order valence-electron chi connectivity index (χ2n) is 10.3. The van der Waals surface area contributed by atoms with Crippen molar-refractivity contribution < 1.29 is 38.0 Å². The first-order chi connectivity index (χ1) is 22.1. The Balaban J connectivity index is 0.00000208. The fourth-order valence-corrected chi connectivity index (χ4v) is 3.98. The highest BCUT2D eigenvalue weighted by molar-refractivity contribution is 5.92. The monoisotopic (exact) mass is 654 g/mol. The van der Waals surface area contributed by atoms with Gasteiger partial charge in [-0.25, -0.2) is 9.59 Å². The molecule has 48 heavy (non-hydrogen) atoms. The molecule has 2 heterocycles. The molecule has 4 aromatic rings. The number of esters is 2. The van der Waals surface area contributed by atoms with Crippen LogP contribution in [0.2, 0.25) is 0 Å². The Bertz CT molecular complexity index is 1520. The third kappa shape index (κ3) is 11.5. The Morgan fingerprint density at radius 3 is 1.27 bits per heavy atom. The SMILES string of the molecule is C.C.C.O=C(OCOC(=O)c1ccc(C=Nc2ccc(OCC3CO3)cc2)cc1)c1ccc(C=Nc2ccc(OCC3CO3)cc2)cc1. The van der Waals surface area contributed by atoms with Gasteiger partial charge in [0.05, 0.1) is 35.7 Å². The summed E-state index contributed by atoms with van der Waals surface area (Å²) in [6.07, 6.45) is 3.80. The van der Waals surface area contributed by atoms with Crippen LogP contribution in [0.5, 0.6) is 11.5 Å². The van der Waals surface area contributed by atoms with Gasteiger partial charge in [-0.15, -0.1) is 0 Å². The lowest BCUT2D eigenvalue weighted by molar-refractivity contribution is -0.0167. The Morgan fingerprint density at radius 2 is 0.938 bits per heavy atom. The summed E-state index contributed by atoms with van der Waals surface area (Å²) in [5, 5.41) is 0. The molecular weight excluding hydrogens is 612 g/mol. The molecule has 6 rings (SSSR count). The van der Waals surface area contributed by atoms with Gasteiger partial charge >= 0.3 is 11.9 Å². The van der Waals surface area contributed by atoms with Crippen LogP contribution in [0.25, 0.3) is 0 Å². The zero-order valence-electron chi connectivity index (χ0n) is 24.2. The van der Waals surface area contributed by atoms with Crippen molar-refractivity contribution in [3.05, 3.63) is 119 Å². The second kappa shape index (κ2) is 18.1. The zero-order valence-corrected chi connectivity index (χ0v) is 24.2. The van der Waals surface area contributed by atoms with Gasteiger partial charge in [-0.2, -0.15) is 0 Å². The Morgan fingerprint density at radius 1 is 0.583 bits per heavy atom. The average molecular weight is 655 g/mol. The fraction of sp³-hybridized carbons (Fsp3) is 0.263. The second-order valence-corrected chi connectivity index (χ2v) is 10.3. The van der Waals surface area contributed by atoms with Crippen molar-refractivity contribution in [2.75, 3.05) is 33.2 Å². The van der Waals surface area contributed by atoms with E-state index in [-0.39, 0.29) is 34.5 Å². The van der Waals surface area contributed by atoms with Crippen molar-refractivity contribution in [3.63, 3.8) is 0 Å². The highest BCUT2D eigenvalue weighted by Crippen LogP contribution is 2.21. The maximum atomic E-state index is 12.4. The molecule has 2 unspecified atom stereocenters. The minimum absolute atomic E-state index is 0. The first-order valence-corrected chi connectivity index (χ1v) is 14.4. The van der Waals surface area contributed by atoms with Crippen LogP contribution in [-0.4, -0.2) is 69.8 Å². The van der Waals surface area contributed by atoms with E-state index in [1.165, 1.54) is 0 Å². The fourth-order valence-electron chi connectivity index (χ4n) is 3.98. The lowest BCUT2D eigenvalue weighted by Gasteiger charge is -2.07. The molecule has 2 atom stereocenters. The summed E-state index contributed by atoms with van der Waals surface area (Å²) in [7, 11) is 0. The highest BCUT2D eigenvalue weighted by Gasteiger charge is 2.23. The third-order valence-electron chi connectivity index (χ3n) is 6.75. The summed E-state index contributed by atoms with van der Waals surface area (Å²) in [6, 6.07) is 28.4. The molecule has 10 nitrogen and oxygen atoms in total. The summed E-state index contributed by atoms with van der Waals surface area (Å²) >= 11 is 0. The molecule has 0 bridgehead atoms.